The molecule has 1 aliphatic heterocycles. The van der Waals surface area contributed by atoms with Gasteiger partial charge in [0, 0.05) is 33.3 Å². The van der Waals surface area contributed by atoms with E-state index in [-0.39, 0.29) is 17.5 Å². The van der Waals surface area contributed by atoms with E-state index in [1.165, 1.54) is 13.1 Å². The largest absolute Gasteiger partial charge is 0.463 e. The minimum Gasteiger partial charge on any atom is -0.463 e. The Labute approximate surface area is 222 Å². The summed E-state index contributed by atoms with van der Waals surface area (Å²) < 4.78 is 27.2. The number of hydrogen-bond acceptors (Lipinski definition) is 13. The Hall–Kier alpha value is -3.84. The maximum atomic E-state index is 12.9. The van der Waals surface area contributed by atoms with Crippen LogP contribution in [0.25, 0.3) is 0 Å². The molecule has 1 N–H and O–H groups in total. The second-order valence-electron chi connectivity index (χ2n) is 8.49. The fourth-order valence-electron chi connectivity index (χ4n) is 3.76. The summed E-state index contributed by atoms with van der Waals surface area (Å²) in [6, 6.07) is 7.07. The van der Waals surface area contributed by atoms with E-state index < -0.39 is 54.5 Å². The summed E-state index contributed by atoms with van der Waals surface area (Å²) in [5.74, 6) is -3.05. The van der Waals surface area contributed by atoms with Crippen molar-refractivity contribution in [1.82, 2.24) is 4.98 Å². The molecule has 2 aromatic rings. The average molecular weight is 549 g/mol. The summed E-state index contributed by atoms with van der Waals surface area (Å²) in [5, 5.41) is 3.19. The Morgan fingerprint density at radius 2 is 1.45 bits per heavy atom. The Morgan fingerprint density at radius 3 is 2.03 bits per heavy atom. The molecule has 0 saturated carbocycles. The van der Waals surface area contributed by atoms with Crippen molar-refractivity contribution in [3.05, 3.63) is 46.5 Å². The fourth-order valence-corrected chi connectivity index (χ4v) is 4.56. The third kappa shape index (κ3) is 7.59. The molecule has 3 rings (SSSR count). The highest BCUT2D eigenvalue weighted by Gasteiger charge is 2.52. The van der Waals surface area contributed by atoms with Crippen LogP contribution in [-0.2, 0) is 42.9 Å². The molecule has 0 aliphatic carbocycles. The van der Waals surface area contributed by atoms with Crippen molar-refractivity contribution in [2.24, 2.45) is 0 Å². The molecule has 0 bridgehead atoms. The zero-order valence-electron chi connectivity index (χ0n) is 21.4. The average Bonchev–Trinajstić information content (AvgIpc) is 3.29. The molecule has 2 heterocycles. The molecule has 12 nitrogen and oxygen atoms in total. The van der Waals surface area contributed by atoms with Crippen LogP contribution < -0.4 is 5.32 Å². The lowest BCUT2D eigenvalue weighted by Gasteiger charge is -2.44. The summed E-state index contributed by atoms with van der Waals surface area (Å²) in [4.78, 5) is 64.7. The summed E-state index contributed by atoms with van der Waals surface area (Å²) in [6.07, 6.45) is -4.79. The van der Waals surface area contributed by atoms with Crippen molar-refractivity contribution in [3.8, 4) is 0 Å². The van der Waals surface area contributed by atoms with E-state index in [9.17, 15) is 24.0 Å². The van der Waals surface area contributed by atoms with Gasteiger partial charge in [0.15, 0.2) is 29.7 Å². The first kappa shape index (κ1) is 28.7. The second kappa shape index (κ2) is 12.6. The molecule has 0 spiro atoms. The number of nitrogens with zero attached hydrogens (tertiary/aromatic N) is 1. The van der Waals surface area contributed by atoms with E-state index in [2.05, 4.69) is 10.3 Å². The van der Waals surface area contributed by atoms with Crippen LogP contribution in [0.4, 0.5) is 5.13 Å². The highest BCUT2D eigenvalue weighted by Crippen LogP contribution is 2.31. The summed E-state index contributed by atoms with van der Waals surface area (Å²) in [6.45, 7) is 6.17. The molecule has 1 aliphatic rings. The van der Waals surface area contributed by atoms with Crippen LogP contribution in [0.2, 0.25) is 0 Å². The first-order valence-corrected chi connectivity index (χ1v) is 12.4. The minimum atomic E-state index is -1.32. The summed E-state index contributed by atoms with van der Waals surface area (Å²) in [7, 11) is 0. The van der Waals surface area contributed by atoms with Crippen molar-refractivity contribution in [1.29, 1.82) is 0 Å². The maximum Gasteiger partial charge on any atom is 0.303 e. The first-order chi connectivity index (χ1) is 17.9. The fraction of sp³-hybridized carbons (Fsp3) is 0.440. The number of carbonyl (C=O) groups excluding carboxylic acids is 5. The van der Waals surface area contributed by atoms with Crippen molar-refractivity contribution < 1.29 is 47.7 Å². The third-order valence-corrected chi connectivity index (χ3v) is 6.23. The van der Waals surface area contributed by atoms with E-state index >= 15 is 0 Å². The van der Waals surface area contributed by atoms with Gasteiger partial charge >= 0.3 is 23.9 Å². The lowest BCUT2D eigenvalue weighted by Crippen LogP contribution is -2.64. The van der Waals surface area contributed by atoms with Crippen LogP contribution in [0.5, 0.6) is 0 Å². The van der Waals surface area contributed by atoms with Gasteiger partial charge in [0.25, 0.3) is 0 Å². The summed E-state index contributed by atoms with van der Waals surface area (Å²) in [5.41, 5.74) is 1.50. The van der Waals surface area contributed by atoms with Crippen molar-refractivity contribution in [2.75, 3.05) is 11.9 Å². The number of aryl methyl sites for hydroxylation is 1. The lowest BCUT2D eigenvalue weighted by atomic mass is 9.97. The van der Waals surface area contributed by atoms with Gasteiger partial charge in [-0.25, -0.2) is 4.98 Å². The zero-order chi connectivity index (χ0) is 28.0. The lowest BCUT2D eigenvalue weighted by molar-refractivity contribution is -0.247. The molecule has 5 atom stereocenters. The third-order valence-electron chi connectivity index (χ3n) is 5.30. The number of thiazole rings is 1. The topological polar surface area (TPSA) is 156 Å². The molecule has 1 aromatic carbocycles. The normalized spacial score (nSPS) is 22.6. The number of ether oxygens (including phenoxy) is 5. The molecule has 204 valence electrons. The predicted octanol–water partition coefficient (Wildman–Crippen LogP) is 2.18. The number of rotatable bonds is 9. The van der Waals surface area contributed by atoms with Gasteiger partial charge in [-0.3, -0.25) is 24.0 Å². The number of nitrogens with one attached hydrogen (secondary N) is 1. The molecular formula is C25H28N2O10S. The Bertz CT molecular complexity index is 1200. The van der Waals surface area contributed by atoms with Gasteiger partial charge in [0.1, 0.15) is 12.7 Å². The molecule has 1 saturated heterocycles. The van der Waals surface area contributed by atoms with Crippen molar-refractivity contribution in [3.63, 3.8) is 0 Å². The van der Waals surface area contributed by atoms with Gasteiger partial charge in [-0.2, -0.15) is 0 Å². The van der Waals surface area contributed by atoms with E-state index in [1.807, 2.05) is 19.1 Å². The van der Waals surface area contributed by atoms with Gasteiger partial charge < -0.3 is 29.0 Å². The molecular weight excluding hydrogens is 520 g/mol. The van der Waals surface area contributed by atoms with Crippen LogP contribution in [0.15, 0.2) is 30.5 Å². The molecule has 1 aromatic heterocycles. The minimum absolute atomic E-state index is 0.237. The zero-order valence-corrected chi connectivity index (χ0v) is 22.2. The van der Waals surface area contributed by atoms with Crippen LogP contribution >= 0.6 is 11.3 Å². The van der Waals surface area contributed by atoms with Crippen molar-refractivity contribution >= 4 is 46.1 Å². The van der Waals surface area contributed by atoms with Crippen LogP contribution in [0.1, 0.15) is 48.5 Å². The quantitative estimate of drug-likeness (QED) is 0.277. The van der Waals surface area contributed by atoms with Crippen molar-refractivity contribution in [2.45, 2.75) is 65.3 Å². The van der Waals surface area contributed by atoms with Gasteiger partial charge in [-0.1, -0.05) is 41.2 Å². The van der Waals surface area contributed by atoms with Crippen LogP contribution in [0.3, 0.4) is 0 Å². The maximum absolute atomic E-state index is 12.9. The SMILES string of the molecule is CC(=O)OC[C@H]1O[C@H](Nc2ncc(C(=O)c3ccc(C)cc3)s2)[C@@H](OC(C)=O)[C@@H](OC(C)=O)[C@@H]1OC(C)=O. The van der Waals surface area contributed by atoms with Gasteiger partial charge in [0.05, 0.1) is 11.1 Å². The highest BCUT2D eigenvalue weighted by molar-refractivity contribution is 7.17. The number of benzene rings is 1. The molecule has 0 unspecified atom stereocenters. The van der Waals surface area contributed by atoms with E-state index in [4.69, 9.17) is 23.7 Å². The number of hydrogen-bond donors (Lipinski definition) is 1. The molecule has 38 heavy (non-hydrogen) atoms. The number of aromatic nitrogens is 1. The number of esters is 4. The van der Waals surface area contributed by atoms with Crippen LogP contribution in [0, 0.1) is 6.92 Å². The Balaban J connectivity index is 1.92. The highest BCUT2D eigenvalue weighted by atomic mass is 32.1. The number of carbonyl (C=O) groups is 5. The van der Waals surface area contributed by atoms with E-state index in [0.29, 0.717) is 10.4 Å². The number of ketones is 1. The van der Waals surface area contributed by atoms with Gasteiger partial charge in [0.2, 0.25) is 5.78 Å². The Morgan fingerprint density at radius 1 is 0.868 bits per heavy atom. The first-order valence-electron chi connectivity index (χ1n) is 11.6. The number of anilines is 1. The smallest absolute Gasteiger partial charge is 0.303 e. The standard InChI is InChI=1S/C25H28N2O10S/c1-12-6-8-17(9-7-12)20(32)19-10-26-25(38-19)27-24-23(36-16(5)31)22(35-15(4)30)21(34-14(3)29)18(37-24)11-33-13(2)28/h6-10,18,21-24H,11H2,1-5H3,(H,26,27)/t18-,21-,22+,23+,24+/m1/s1. The summed E-state index contributed by atoms with van der Waals surface area (Å²) >= 11 is 1.03. The molecule has 0 radical (unpaired) electrons. The van der Waals surface area contributed by atoms with E-state index in [1.54, 1.807) is 12.1 Å². The van der Waals surface area contributed by atoms with Gasteiger partial charge in [-0.05, 0) is 6.92 Å². The molecule has 1 fully saturated rings. The Kier molecular flexibility index (Phi) is 9.53. The molecule has 0 amide bonds. The van der Waals surface area contributed by atoms with E-state index in [0.717, 1.165) is 37.7 Å². The predicted molar refractivity (Wildman–Crippen MR) is 132 cm³/mol. The van der Waals surface area contributed by atoms with Crippen LogP contribution in [-0.4, -0.2) is 71.9 Å². The van der Waals surface area contributed by atoms with Gasteiger partial charge in [-0.15, -0.1) is 0 Å². The molecule has 13 heteroatoms. The second-order valence-corrected chi connectivity index (χ2v) is 9.52. The monoisotopic (exact) mass is 548 g/mol.